The lowest BCUT2D eigenvalue weighted by Gasteiger charge is -2.00. The first-order chi connectivity index (χ1) is 6.68. The molecule has 3 N–H and O–H groups in total. The van der Waals surface area contributed by atoms with Gasteiger partial charge in [0, 0.05) is 6.07 Å². The summed E-state index contributed by atoms with van der Waals surface area (Å²) in [5.74, 6) is -0.627. The number of thioether (sulfide) groups is 1. The first-order valence-electron chi connectivity index (χ1n) is 3.77. The third kappa shape index (κ3) is 3.94. The Bertz CT molecular complexity index is 312. The number of carbonyl (C=O) groups is 2. The molecule has 0 radical (unpaired) electrons. The molecule has 0 aliphatic carbocycles. The normalized spacial score (nSPS) is 9.71. The van der Waals surface area contributed by atoms with Crippen molar-refractivity contribution in [3.63, 3.8) is 0 Å². The molecule has 76 valence electrons. The molecule has 1 rings (SSSR count). The van der Waals surface area contributed by atoms with Gasteiger partial charge in [0.2, 0.25) is 5.91 Å². The summed E-state index contributed by atoms with van der Waals surface area (Å²) in [7, 11) is 0. The van der Waals surface area contributed by atoms with Crippen LogP contribution in [0.3, 0.4) is 0 Å². The minimum Gasteiger partial charge on any atom is -0.481 e. The molecule has 6 nitrogen and oxygen atoms in total. The van der Waals surface area contributed by atoms with Gasteiger partial charge in [-0.25, -0.2) is 0 Å². The zero-order valence-corrected chi connectivity index (χ0v) is 8.00. The number of amides is 1. The summed E-state index contributed by atoms with van der Waals surface area (Å²) in [6.07, 6.45) is 1.51. The second-order valence-corrected chi connectivity index (χ2v) is 3.39. The number of carbonyl (C=O) groups excluding carboxylic acids is 1. The maximum absolute atomic E-state index is 11.1. The highest BCUT2D eigenvalue weighted by Gasteiger charge is 2.04. The quantitative estimate of drug-likeness (QED) is 0.650. The highest BCUT2D eigenvalue weighted by molar-refractivity contribution is 8.00. The summed E-state index contributed by atoms with van der Waals surface area (Å²) in [5.41, 5.74) is 0. The fraction of sp³-hybridized carbons (Fsp3) is 0.286. The van der Waals surface area contributed by atoms with Crippen molar-refractivity contribution in [3.8, 4) is 0 Å². The number of anilines is 1. The molecule has 0 saturated carbocycles. The van der Waals surface area contributed by atoms with Gasteiger partial charge in [0.15, 0.2) is 0 Å². The zero-order chi connectivity index (χ0) is 10.4. The molecule has 0 atom stereocenters. The van der Waals surface area contributed by atoms with Gasteiger partial charge in [-0.1, -0.05) is 0 Å². The molecule has 0 spiro atoms. The number of aromatic amines is 1. The number of carboxylic acid groups (broad SMARTS) is 1. The summed E-state index contributed by atoms with van der Waals surface area (Å²) >= 11 is 1.05. The minimum absolute atomic E-state index is 0.0730. The average molecular weight is 215 g/mol. The second kappa shape index (κ2) is 5.28. The van der Waals surface area contributed by atoms with Gasteiger partial charge in [0.05, 0.1) is 17.7 Å². The molecule has 0 aliphatic heterocycles. The molecular weight excluding hydrogens is 206 g/mol. The van der Waals surface area contributed by atoms with Crippen LogP contribution in [0.15, 0.2) is 12.3 Å². The molecule has 1 aromatic heterocycles. The van der Waals surface area contributed by atoms with Gasteiger partial charge >= 0.3 is 5.97 Å². The van der Waals surface area contributed by atoms with Crippen LogP contribution in [0.4, 0.5) is 5.82 Å². The number of rotatable bonds is 5. The smallest absolute Gasteiger partial charge is 0.313 e. The Morgan fingerprint density at radius 1 is 1.57 bits per heavy atom. The standard InChI is InChI=1S/C7H9N3O3S/c11-6(3-14-4-7(12)13)9-5-1-2-8-10-5/h1-2H,3-4H2,(H,12,13)(H2,8,9,10,11). The van der Waals surface area contributed by atoms with E-state index in [1.54, 1.807) is 6.07 Å². The fourth-order valence-corrected chi connectivity index (χ4v) is 1.28. The Labute approximate surface area is 84.1 Å². The van der Waals surface area contributed by atoms with Crippen LogP contribution >= 0.6 is 11.8 Å². The Hall–Kier alpha value is -1.50. The number of nitrogens with one attached hydrogen (secondary N) is 2. The molecule has 1 amide bonds. The Balaban J connectivity index is 2.20. The van der Waals surface area contributed by atoms with Crippen LogP contribution in [0.5, 0.6) is 0 Å². The van der Waals surface area contributed by atoms with Gasteiger partial charge in [-0.2, -0.15) is 5.10 Å². The van der Waals surface area contributed by atoms with Gasteiger partial charge in [-0.3, -0.25) is 14.7 Å². The number of nitrogens with zero attached hydrogens (tertiary/aromatic N) is 1. The third-order valence-electron chi connectivity index (χ3n) is 1.23. The predicted molar refractivity (Wildman–Crippen MR) is 52.2 cm³/mol. The Morgan fingerprint density at radius 3 is 2.93 bits per heavy atom. The lowest BCUT2D eigenvalue weighted by molar-refractivity contribution is -0.133. The van der Waals surface area contributed by atoms with Crippen LogP contribution in [-0.4, -0.2) is 38.7 Å². The van der Waals surface area contributed by atoms with E-state index in [9.17, 15) is 9.59 Å². The molecule has 1 aromatic rings. The van der Waals surface area contributed by atoms with E-state index in [1.807, 2.05) is 0 Å². The minimum atomic E-state index is -0.927. The summed E-state index contributed by atoms with van der Waals surface area (Å²) < 4.78 is 0. The summed E-state index contributed by atoms with van der Waals surface area (Å²) in [6.45, 7) is 0. The fourth-order valence-electron chi connectivity index (χ4n) is 0.743. The van der Waals surface area contributed by atoms with Gasteiger partial charge < -0.3 is 10.4 Å². The van der Waals surface area contributed by atoms with Crippen LogP contribution < -0.4 is 5.32 Å². The SMILES string of the molecule is O=C(O)CSCC(=O)Nc1ccn[nH]1. The van der Waals surface area contributed by atoms with Gasteiger partial charge in [0.1, 0.15) is 5.82 Å². The maximum Gasteiger partial charge on any atom is 0.313 e. The summed E-state index contributed by atoms with van der Waals surface area (Å²) in [6, 6.07) is 1.61. The molecule has 0 fully saturated rings. The zero-order valence-electron chi connectivity index (χ0n) is 7.19. The largest absolute Gasteiger partial charge is 0.481 e. The Morgan fingerprint density at radius 2 is 2.36 bits per heavy atom. The third-order valence-corrected chi connectivity index (χ3v) is 2.15. The molecule has 14 heavy (non-hydrogen) atoms. The second-order valence-electron chi connectivity index (χ2n) is 2.41. The number of aliphatic carboxylic acids is 1. The van der Waals surface area contributed by atoms with Crippen molar-refractivity contribution in [2.75, 3.05) is 16.8 Å². The highest BCUT2D eigenvalue weighted by atomic mass is 32.2. The van der Waals surface area contributed by atoms with Crippen molar-refractivity contribution in [1.82, 2.24) is 10.2 Å². The number of carboxylic acids is 1. The molecule has 1 heterocycles. The van der Waals surface area contributed by atoms with E-state index < -0.39 is 5.97 Å². The van der Waals surface area contributed by atoms with Crippen molar-refractivity contribution >= 4 is 29.5 Å². The van der Waals surface area contributed by atoms with Crippen molar-refractivity contribution < 1.29 is 14.7 Å². The lowest BCUT2D eigenvalue weighted by Crippen LogP contribution is -2.15. The Kier molecular flexibility index (Phi) is 3.99. The van der Waals surface area contributed by atoms with Crippen molar-refractivity contribution in [2.45, 2.75) is 0 Å². The number of hydrogen-bond acceptors (Lipinski definition) is 4. The molecular formula is C7H9N3O3S. The summed E-state index contributed by atoms with van der Waals surface area (Å²) in [4.78, 5) is 21.2. The van der Waals surface area contributed by atoms with E-state index in [-0.39, 0.29) is 17.4 Å². The summed E-state index contributed by atoms with van der Waals surface area (Å²) in [5, 5.41) is 17.0. The topological polar surface area (TPSA) is 95.1 Å². The van der Waals surface area contributed by atoms with E-state index in [1.165, 1.54) is 6.20 Å². The number of H-pyrrole nitrogens is 1. The molecule has 0 saturated heterocycles. The lowest BCUT2D eigenvalue weighted by atomic mass is 10.6. The number of hydrogen-bond donors (Lipinski definition) is 3. The van der Waals surface area contributed by atoms with Crippen LogP contribution in [0.1, 0.15) is 0 Å². The molecule has 7 heteroatoms. The van der Waals surface area contributed by atoms with Crippen molar-refractivity contribution in [2.24, 2.45) is 0 Å². The highest BCUT2D eigenvalue weighted by Crippen LogP contribution is 2.03. The molecule has 0 aromatic carbocycles. The monoisotopic (exact) mass is 215 g/mol. The van der Waals surface area contributed by atoms with Crippen LogP contribution in [0.2, 0.25) is 0 Å². The van der Waals surface area contributed by atoms with Crippen molar-refractivity contribution in [1.29, 1.82) is 0 Å². The van der Waals surface area contributed by atoms with Gasteiger partial charge in [0.25, 0.3) is 0 Å². The molecule has 0 bridgehead atoms. The average Bonchev–Trinajstić information content (AvgIpc) is 2.56. The van der Waals surface area contributed by atoms with E-state index >= 15 is 0 Å². The van der Waals surface area contributed by atoms with E-state index in [2.05, 4.69) is 15.5 Å². The van der Waals surface area contributed by atoms with E-state index in [0.717, 1.165) is 11.8 Å². The predicted octanol–water partition coefficient (Wildman–Crippen LogP) is 0.166. The molecule has 0 aliphatic rings. The maximum atomic E-state index is 11.1. The van der Waals surface area contributed by atoms with E-state index in [4.69, 9.17) is 5.11 Å². The first kappa shape index (κ1) is 10.6. The molecule has 0 unspecified atom stereocenters. The van der Waals surface area contributed by atoms with E-state index in [0.29, 0.717) is 5.82 Å². The van der Waals surface area contributed by atoms with Gasteiger partial charge in [-0.15, -0.1) is 11.8 Å². The van der Waals surface area contributed by atoms with Crippen LogP contribution in [-0.2, 0) is 9.59 Å². The van der Waals surface area contributed by atoms with Crippen LogP contribution in [0, 0.1) is 0 Å². The first-order valence-corrected chi connectivity index (χ1v) is 4.92. The van der Waals surface area contributed by atoms with Gasteiger partial charge in [-0.05, 0) is 0 Å². The number of aromatic nitrogens is 2. The van der Waals surface area contributed by atoms with Crippen molar-refractivity contribution in [3.05, 3.63) is 12.3 Å². The van der Waals surface area contributed by atoms with Crippen LogP contribution in [0.25, 0.3) is 0 Å².